The highest BCUT2D eigenvalue weighted by molar-refractivity contribution is 7.16. The number of anilines is 1. The van der Waals surface area contributed by atoms with Gasteiger partial charge in [0.25, 0.3) is 0 Å². The van der Waals surface area contributed by atoms with Gasteiger partial charge in [-0.15, -0.1) is 11.3 Å². The Balaban J connectivity index is 1.53. The van der Waals surface area contributed by atoms with Crippen molar-refractivity contribution in [2.24, 2.45) is 21.8 Å². The summed E-state index contributed by atoms with van der Waals surface area (Å²) in [7, 11) is 0. The van der Waals surface area contributed by atoms with Gasteiger partial charge in [-0.2, -0.15) is 5.10 Å². The van der Waals surface area contributed by atoms with Gasteiger partial charge in [-0.25, -0.2) is 4.98 Å². The normalized spacial score (nSPS) is 27.3. The number of thiazole rings is 1. The molecule has 27 heavy (non-hydrogen) atoms. The summed E-state index contributed by atoms with van der Waals surface area (Å²) in [6.45, 7) is 12.0. The van der Waals surface area contributed by atoms with Crippen LogP contribution in [0.1, 0.15) is 51.8 Å². The summed E-state index contributed by atoms with van der Waals surface area (Å²) in [6, 6.07) is 8.15. The van der Waals surface area contributed by atoms with Crippen LogP contribution in [0.3, 0.4) is 0 Å². The number of hydrogen-bond acceptors (Lipinski definition) is 5. The highest BCUT2D eigenvalue weighted by Crippen LogP contribution is 2.63. The standard InChI is InChI=1S/C22H29N3OS/c1-6-26-17-9-7-15(8-10-17)19-14(2)27-20(23-19)25-24-18-13-16-11-12-22(18,5)21(16,3)4/h7-10,16H,6,11-13H2,1-5H3,(H,23,25)/b24-18+. The Kier molecular flexibility index (Phi) is 4.53. The molecule has 1 aromatic carbocycles. The molecule has 0 saturated heterocycles. The summed E-state index contributed by atoms with van der Waals surface area (Å²) in [5.74, 6) is 1.66. The van der Waals surface area contributed by atoms with E-state index >= 15 is 0 Å². The molecule has 2 fully saturated rings. The number of benzene rings is 1. The van der Waals surface area contributed by atoms with Crippen LogP contribution in [-0.2, 0) is 0 Å². The molecule has 2 saturated carbocycles. The van der Waals surface area contributed by atoms with E-state index in [4.69, 9.17) is 14.8 Å². The van der Waals surface area contributed by atoms with Gasteiger partial charge in [-0.1, -0.05) is 20.8 Å². The van der Waals surface area contributed by atoms with Gasteiger partial charge in [-0.3, -0.25) is 5.43 Å². The van der Waals surface area contributed by atoms with Crippen LogP contribution < -0.4 is 10.2 Å². The number of ether oxygens (including phenoxy) is 1. The molecule has 2 atom stereocenters. The van der Waals surface area contributed by atoms with E-state index in [0.29, 0.717) is 12.0 Å². The van der Waals surface area contributed by atoms with Crippen molar-refractivity contribution in [3.05, 3.63) is 29.1 Å². The van der Waals surface area contributed by atoms with E-state index in [1.807, 2.05) is 19.1 Å². The van der Waals surface area contributed by atoms with Crippen molar-refractivity contribution in [1.29, 1.82) is 0 Å². The Morgan fingerprint density at radius 2 is 2.00 bits per heavy atom. The lowest BCUT2D eigenvalue weighted by molar-refractivity contribution is 0.194. The van der Waals surface area contributed by atoms with E-state index in [9.17, 15) is 0 Å². The summed E-state index contributed by atoms with van der Waals surface area (Å²) in [5, 5.41) is 5.69. The summed E-state index contributed by atoms with van der Waals surface area (Å²) in [6.07, 6.45) is 3.70. The van der Waals surface area contributed by atoms with Gasteiger partial charge in [0, 0.05) is 21.6 Å². The Labute approximate surface area is 166 Å². The molecule has 4 rings (SSSR count). The van der Waals surface area contributed by atoms with E-state index in [2.05, 4.69) is 45.3 Å². The molecular formula is C22H29N3OS. The van der Waals surface area contributed by atoms with Crippen LogP contribution in [0.5, 0.6) is 5.75 Å². The van der Waals surface area contributed by atoms with Crippen LogP contribution in [0.4, 0.5) is 5.13 Å². The molecule has 2 unspecified atom stereocenters. The van der Waals surface area contributed by atoms with Crippen molar-refractivity contribution in [2.45, 2.75) is 53.9 Å². The molecule has 0 radical (unpaired) electrons. The van der Waals surface area contributed by atoms with Crippen LogP contribution in [0.25, 0.3) is 11.3 Å². The Morgan fingerprint density at radius 3 is 2.59 bits per heavy atom. The zero-order valence-corrected chi connectivity index (χ0v) is 17.7. The molecule has 4 nitrogen and oxygen atoms in total. The van der Waals surface area contributed by atoms with Gasteiger partial charge >= 0.3 is 0 Å². The van der Waals surface area contributed by atoms with Gasteiger partial charge in [0.1, 0.15) is 5.75 Å². The first kappa shape index (κ1) is 18.5. The van der Waals surface area contributed by atoms with E-state index < -0.39 is 0 Å². The second kappa shape index (κ2) is 6.62. The van der Waals surface area contributed by atoms with E-state index in [0.717, 1.165) is 34.5 Å². The third kappa shape index (κ3) is 2.96. The fraction of sp³-hybridized carbons (Fsp3) is 0.545. The minimum atomic E-state index is 0.217. The van der Waals surface area contributed by atoms with Gasteiger partial charge in [-0.05, 0) is 68.7 Å². The highest BCUT2D eigenvalue weighted by atomic mass is 32.1. The van der Waals surface area contributed by atoms with Crippen molar-refractivity contribution < 1.29 is 4.74 Å². The molecule has 0 amide bonds. The molecule has 0 aliphatic heterocycles. The van der Waals surface area contributed by atoms with Crippen molar-refractivity contribution >= 4 is 22.2 Å². The van der Waals surface area contributed by atoms with Gasteiger partial charge < -0.3 is 4.74 Å². The monoisotopic (exact) mass is 383 g/mol. The molecular weight excluding hydrogens is 354 g/mol. The first-order chi connectivity index (χ1) is 12.8. The lowest BCUT2D eigenvalue weighted by Crippen LogP contribution is -2.32. The molecule has 2 aliphatic carbocycles. The maximum atomic E-state index is 5.53. The van der Waals surface area contributed by atoms with Crippen LogP contribution >= 0.6 is 11.3 Å². The second-order valence-corrected chi connectivity index (χ2v) is 9.75. The predicted molar refractivity (Wildman–Crippen MR) is 114 cm³/mol. The quantitative estimate of drug-likeness (QED) is 0.632. The Bertz CT molecular complexity index is 868. The van der Waals surface area contributed by atoms with Gasteiger partial charge in [0.2, 0.25) is 5.13 Å². The average molecular weight is 384 g/mol. The fourth-order valence-electron chi connectivity index (χ4n) is 4.80. The van der Waals surface area contributed by atoms with Crippen molar-refractivity contribution in [3.8, 4) is 17.0 Å². The third-order valence-corrected chi connectivity index (χ3v) is 7.91. The number of aromatic nitrogens is 1. The molecule has 144 valence electrons. The van der Waals surface area contributed by atoms with Crippen LogP contribution in [-0.4, -0.2) is 17.3 Å². The smallest absolute Gasteiger partial charge is 0.204 e. The molecule has 2 aliphatic rings. The number of fused-ring (bicyclic) bond motifs is 2. The maximum absolute atomic E-state index is 5.53. The highest BCUT2D eigenvalue weighted by Gasteiger charge is 2.59. The second-order valence-electron chi connectivity index (χ2n) is 8.55. The summed E-state index contributed by atoms with van der Waals surface area (Å²) in [4.78, 5) is 5.99. The fourth-order valence-corrected chi connectivity index (χ4v) is 5.58. The first-order valence-corrected chi connectivity index (χ1v) is 10.7. The van der Waals surface area contributed by atoms with E-state index in [1.165, 1.54) is 23.4 Å². The number of rotatable bonds is 5. The summed E-state index contributed by atoms with van der Waals surface area (Å²) < 4.78 is 5.53. The SMILES string of the molecule is CCOc1ccc(-c2nc(N/N=C3\CC4CCC3(C)C4(C)C)sc2C)cc1. The van der Waals surface area contributed by atoms with Crippen molar-refractivity contribution in [1.82, 2.24) is 4.98 Å². The van der Waals surface area contributed by atoms with Crippen LogP contribution in [0.15, 0.2) is 29.4 Å². The molecule has 2 bridgehead atoms. The topological polar surface area (TPSA) is 46.5 Å². The lowest BCUT2D eigenvalue weighted by Gasteiger charge is -2.34. The summed E-state index contributed by atoms with van der Waals surface area (Å²) in [5.41, 5.74) is 7.28. The van der Waals surface area contributed by atoms with Gasteiger partial charge in [0.15, 0.2) is 0 Å². The molecule has 2 aromatic rings. The zero-order valence-electron chi connectivity index (χ0n) is 16.9. The predicted octanol–water partition coefficient (Wildman–Crippen LogP) is 6.13. The molecule has 0 spiro atoms. The zero-order chi connectivity index (χ0) is 19.2. The minimum Gasteiger partial charge on any atom is -0.494 e. The van der Waals surface area contributed by atoms with Crippen LogP contribution in [0, 0.1) is 23.7 Å². The third-order valence-electron chi connectivity index (χ3n) is 7.03. The average Bonchev–Trinajstić information content (AvgIpc) is 3.18. The molecule has 5 heteroatoms. The lowest BCUT2D eigenvalue weighted by atomic mass is 9.70. The first-order valence-electron chi connectivity index (χ1n) is 9.89. The number of nitrogens with one attached hydrogen (secondary N) is 1. The van der Waals surface area contributed by atoms with E-state index in [1.54, 1.807) is 11.3 Å². The molecule has 1 heterocycles. The van der Waals surface area contributed by atoms with E-state index in [-0.39, 0.29) is 5.41 Å². The molecule has 1 N–H and O–H groups in total. The van der Waals surface area contributed by atoms with Crippen LogP contribution in [0.2, 0.25) is 0 Å². The Morgan fingerprint density at radius 1 is 1.26 bits per heavy atom. The van der Waals surface area contributed by atoms with Gasteiger partial charge in [0.05, 0.1) is 12.3 Å². The number of hydrogen-bond donors (Lipinski definition) is 1. The van der Waals surface area contributed by atoms with Crippen molar-refractivity contribution in [3.63, 3.8) is 0 Å². The molecule has 1 aromatic heterocycles. The number of nitrogens with zero attached hydrogens (tertiary/aromatic N) is 2. The maximum Gasteiger partial charge on any atom is 0.204 e. The largest absolute Gasteiger partial charge is 0.494 e. The Hall–Kier alpha value is -1.88. The van der Waals surface area contributed by atoms with Crippen molar-refractivity contribution in [2.75, 3.05) is 12.0 Å². The summed E-state index contributed by atoms with van der Waals surface area (Å²) >= 11 is 1.67. The minimum absolute atomic E-state index is 0.217. The number of aryl methyl sites for hydroxylation is 1. The number of hydrazone groups is 1.